The quantitative estimate of drug-likeness (QED) is 0.149. The van der Waals surface area contributed by atoms with E-state index in [0.29, 0.717) is 60.2 Å². The molecule has 1 fully saturated rings. The van der Waals surface area contributed by atoms with Crippen molar-refractivity contribution in [2.24, 2.45) is 0 Å². The zero-order valence-corrected chi connectivity index (χ0v) is 26.3. The number of carboxylic acids is 1. The van der Waals surface area contributed by atoms with Crippen LogP contribution < -0.4 is 10.3 Å². The van der Waals surface area contributed by atoms with E-state index in [1.165, 1.54) is 4.57 Å². The molecule has 0 saturated carbocycles. The summed E-state index contributed by atoms with van der Waals surface area (Å²) in [6.07, 6.45) is -0.283. The van der Waals surface area contributed by atoms with Crippen molar-refractivity contribution in [3.8, 4) is 5.75 Å². The summed E-state index contributed by atoms with van der Waals surface area (Å²) in [4.78, 5) is 46.8. The molecule has 232 valence electrons. The first-order chi connectivity index (χ1) is 21.0. The predicted octanol–water partition coefficient (Wildman–Crippen LogP) is 5.42. The summed E-state index contributed by atoms with van der Waals surface area (Å²) in [5, 5.41) is 12.0. The van der Waals surface area contributed by atoms with Crippen LogP contribution >= 0.6 is 11.8 Å². The predicted molar refractivity (Wildman–Crippen MR) is 172 cm³/mol. The SMILES string of the molecule is CCn1c(SC(C(=O)O)c2ccc(OCCN3CCN(C(=O)OC(C)(C)C)CC3)cc2)nc2cc3ccccc3cc2c1=O. The fraction of sp³-hybridized carbons (Fsp3) is 0.394. The van der Waals surface area contributed by atoms with Gasteiger partial charge in [0.1, 0.15) is 23.2 Å². The molecule has 0 radical (unpaired) electrons. The maximum Gasteiger partial charge on any atom is 0.410 e. The number of aromatic nitrogens is 2. The molecule has 0 spiro atoms. The fourth-order valence-corrected chi connectivity index (χ4v) is 6.23. The third kappa shape index (κ3) is 7.34. The van der Waals surface area contributed by atoms with Crippen LogP contribution in [0, 0.1) is 0 Å². The van der Waals surface area contributed by atoms with Gasteiger partial charge in [0.05, 0.1) is 10.9 Å². The largest absolute Gasteiger partial charge is 0.492 e. The molecule has 0 bridgehead atoms. The first kappa shape index (κ1) is 31.3. The van der Waals surface area contributed by atoms with Crippen molar-refractivity contribution in [2.45, 2.75) is 50.2 Å². The van der Waals surface area contributed by atoms with Crippen molar-refractivity contribution in [1.82, 2.24) is 19.4 Å². The number of hydrogen-bond donors (Lipinski definition) is 1. The third-order valence-corrected chi connectivity index (χ3v) is 8.67. The van der Waals surface area contributed by atoms with Gasteiger partial charge in [-0.25, -0.2) is 9.78 Å². The number of rotatable bonds is 9. The van der Waals surface area contributed by atoms with Crippen LogP contribution in [-0.4, -0.2) is 81.5 Å². The lowest BCUT2D eigenvalue weighted by Gasteiger charge is -2.35. The number of aliphatic carboxylic acids is 1. The van der Waals surface area contributed by atoms with Crippen molar-refractivity contribution < 1.29 is 24.2 Å². The third-order valence-electron chi connectivity index (χ3n) is 7.43. The molecule has 1 N–H and O–H groups in total. The first-order valence-corrected chi connectivity index (χ1v) is 15.7. The second-order valence-corrected chi connectivity index (χ2v) is 12.8. The van der Waals surface area contributed by atoms with Crippen LogP contribution in [0.15, 0.2) is 70.6 Å². The summed E-state index contributed by atoms with van der Waals surface area (Å²) in [7, 11) is 0. The zero-order chi connectivity index (χ0) is 31.4. The van der Waals surface area contributed by atoms with Gasteiger partial charge in [-0.2, -0.15) is 0 Å². The summed E-state index contributed by atoms with van der Waals surface area (Å²) in [5.74, 6) is -0.388. The molecule has 5 rings (SSSR count). The summed E-state index contributed by atoms with van der Waals surface area (Å²) in [5.41, 5.74) is 0.412. The maximum atomic E-state index is 13.4. The Labute approximate surface area is 260 Å². The number of nitrogens with zero attached hydrogens (tertiary/aromatic N) is 4. The van der Waals surface area contributed by atoms with Gasteiger partial charge in [-0.15, -0.1) is 0 Å². The number of carboxylic acid groups (broad SMARTS) is 1. The average molecular weight is 619 g/mol. The zero-order valence-electron chi connectivity index (χ0n) is 25.5. The van der Waals surface area contributed by atoms with Crippen LogP contribution in [-0.2, 0) is 16.1 Å². The van der Waals surface area contributed by atoms with Gasteiger partial charge in [-0.3, -0.25) is 19.1 Å². The molecule has 1 unspecified atom stereocenters. The molecule has 44 heavy (non-hydrogen) atoms. The molecule has 11 heteroatoms. The normalized spacial score (nSPS) is 15.0. The summed E-state index contributed by atoms with van der Waals surface area (Å²) < 4.78 is 12.9. The number of thioether (sulfide) groups is 1. The molecule has 0 aliphatic carbocycles. The Hall–Kier alpha value is -4.09. The second kappa shape index (κ2) is 13.3. The lowest BCUT2D eigenvalue weighted by molar-refractivity contribution is -0.136. The molecule has 1 atom stereocenters. The van der Waals surface area contributed by atoms with E-state index in [4.69, 9.17) is 14.5 Å². The standard InChI is InChI=1S/C33H38N4O6S/c1-5-37-29(38)26-20-23-8-6-7-9-24(23)21-27(26)34-31(37)44-28(30(39)40)22-10-12-25(13-11-22)42-19-18-35-14-16-36(17-15-35)32(41)43-33(2,3)4/h6-13,20-21,28H,5,14-19H2,1-4H3,(H,39,40). The van der Waals surface area contributed by atoms with Crippen molar-refractivity contribution >= 4 is 45.5 Å². The van der Waals surface area contributed by atoms with E-state index < -0.39 is 16.8 Å². The number of piperazine rings is 1. The molecule has 1 aromatic heterocycles. The highest BCUT2D eigenvalue weighted by Crippen LogP contribution is 2.36. The Balaban J connectivity index is 1.22. The number of amides is 1. The van der Waals surface area contributed by atoms with Gasteiger partial charge < -0.3 is 19.5 Å². The molecule has 1 amide bonds. The summed E-state index contributed by atoms with van der Waals surface area (Å²) in [6.45, 7) is 11.6. The highest BCUT2D eigenvalue weighted by Gasteiger charge is 2.27. The van der Waals surface area contributed by atoms with Crippen LogP contribution in [0.25, 0.3) is 21.7 Å². The minimum absolute atomic E-state index is 0.190. The van der Waals surface area contributed by atoms with Gasteiger partial charge in [0.2, 0.25) is 0 Å². The summed E-state index contributed by atoms with van der Waals surface area (Å²) in [6, 6.07) is 18.5. The van der Waals surface area contributed by atoms with Gasteiger partial charge in [0, 0.05) is 39.3 Å². The molecule has 2 heterocycles. The van der Waals surface area contributed by atoms with Gasteiger partial charge in [0.15, 0.2) is 5.16 Å². The molecule has 1 aliphatic heterocycles. The molecule has 3 aromatic carbocycles. The van der Waals surface area contributed by atoms with Crippen LogP contribution in [0.3, 0.4) is 0 Å². The fourth-order valence-electron chi connectivity index (χ4n) is 5.13. The van der Waals surface area contributed by atoms with Crippen LogP contribution in [0.1, 0.15) is 38.5 Å². The van der Waals surface area contributed by atoms with Crippen LogP contribution in [0.4, 0.5) is 4.79 Å². The Bertz CT molecular complexity index is 1710. The smallest absolute Gasteiger partial charge is 0.410 e. The van der Waals surface area contributed by atoms with E-state index in [9.17, 15) is 19.5 Å². The van der Waals surface area contributed by atoms with E-state index in [-0.39, 0.29) is 11.7 Å². The molecule has 1 aliphatic rings. The monoisotopic (exact) mass is 618 g/mol. The minimum atomic E-state index is -1.02. The van der Waals surface area contributed by atoms with E-state index >= 15 is 0 Å². The van der Waals surface area contributed by atoms with E-state index in [2.05, 4.69) is 4.90 Å². The van der Waals surface area contributed by atoms with E-state index in [1.807, 2.05) is 64.1 Å². The number of benzene rings is 3. The molecule has 10 nitrogen and oxygen atoms in total. The highest BCUT2D eigenvalue weighted by atomic mass is 32.2. The van der Waals surface area contributed by atoms with E-state index in [0.717, 1.165) is 35.6 Å². The van der Waals surface area contributed by atoms with Gasteiger partial charge in [0.25, 0.3) is 5.56 Å². The van der Waals surface area contributed by atoms with Crippen molar-refractivity contribution in [1.29, 1.82) is 0 Å². The average Bonchev–Trinajstić information content (AvgIpc) is 2.99. The lowest BCUT2D eigenvalue weighted by atomic mass is 10.1. The molecular formula is C33H38N4O6S. The Morgan fingerprint density at radius 1 is 1.00 bits per heavy atom. The molecule has 4 aromatic rings. The van der Waals surface area contributed by atoms with Crippen molar-refractivity contribution in [3.63, 3.8) is 0 Å². The molecular weight excluding hydrogens is 580 g/mol. The maximum absolute atomic E-state index is 13.4. The topological polar surface area (TPSA) is 114 Å². The van der Waals surface area contributed by atoms with Crippen LogP contribution in [0.5, 0.6) is 5.75 Å². The summed E-state index contributed by atoms with van der Waals surface area (Å²) >= 11 is 1.05. The van der Waals surface area contributed by atoms with Crippen molar-refractivity contribution in [3.05, 3.63) is 76.6 Å². The minimum Gasteiger partial charge on any atom is -0.492 e. The first-order valence-electron chi connectivity index (χ1n) is 14.8. The number of fused-ring (bicyclic) bond motifs is 2. The number of ether oxygens (including phenoxy) is 2. The van der Waals surface area contributed by atoms with E-state index in [1.54, 1.807) is 29.2 Å². The van der Waals surface area contributed by atoms with Crippen molar-refractivity contribution in [2.75, 3.05) is 39.3 Å². The second-order valence-electron chi connectivity index (χ2n) is 11.7. The molecule has 1 saturated heterocycles. The van der Waals surface area contributed by atoms with Gasteiger partial charge >= 0.3 is 12.1 Å². The Morgan fingerprint density at radius 3 is 2.27 bits per heavy atom. The van der Waals surface area contributed by atoms with Gasteiger partial charge in [-0.05, 0) is 68.3 Å². The van der Waals surface area contributed by atoms with Gasteiger partial charge in [-0.1, -0.05) is 48.2 Å². The Kier molecular flexibility index (Phi) is 9.45. The number of hydrogen-bond acceptors (Lipinski definition) is 8. The lowest BCUT2D eigenvalue weighted by Crippen LogP contribution is -2.50. The Morgan fingerprint density at radius 2 is 1.66 bits per heavy atom. The van der Waals surface area contributed by atoms with Crippen LogP contribution in [0.2, 0.25) is 0 Å². The number of carbonyl (C=O) groups excluding carboxylic acids is 1. The highest BCUT2D eigenvalue weighted by molar-refractivity contribution is 8.00. The number of carbonyl (C=O) groups is 2.